The lowest BCUT2D eigenvalue weighted by Gasteiger charge is -2.13. The second kappa shape index (κ2) is 5.79. The number of nitrogen functional groups attached to an aromatic ring is 1. The van der Waals surface area contributed by atoms with Crippen molar-refractivity contribution in [2.45, 2.75) is 0 Å². The molecule has 0 saturated heterocycles. The predicted molar refractivity (Wildman–Crippen MR) is 82.6 cm³/mol. The minimum Gasteiger partial charge on any atom is -0.478 e. The Hall–Kier alpha value is -1.62. The molecule has 2 aromatic carbocycles. The summed E-state index contributed by atoms with van der Waals surface area (Å²) in [4.78, 5) is 11.0. The van der Waals surface area contributed by atoms with Crippen LogP contribution in [0, 0.1) is 0 Å². The Morgan fingerprint density at radius 1 is 1.05 bits per heavy atom. The van der Waals surface area contributed by atoms with Gasteiger partial charge in [0.2, 0.25) is 0 Å². The van der Waals surface area contributed by atoms with Crippen LogP contribution in [0.1, 0.15) is 10.4 Å². The molecular formula is C13H9Cl3N2O2. The third-order valence-electron chi connectivity index (χ3n) is 2.62. The molecule has 0 aliphatic heterocycles. The first-order valence-electron chi connectivity index (χ1n) is 5.43. The fourth-order valence-corrected chi connectivity index (χ4v) is 2.22. The number of para-hydroxylation sites is 1. The van der Waals surface area contributed by atoms with Crippen molar-refractivity contribution in [2.75, 3.05) is 11.1 Å². The van der Waals surface area contributed by atoms with Gasteiger partial charge in [0.05, 0.1) is 37.7 Å². The van der Waals surface area contributed by atoms with Crippen LogP contribution in [0.15, 0.2) is 30.3 Å². The summed E-state index contributed by atoms with van der Waals surface area (Å²) < 4.78 is 0. The van der Waals surface area contributed by atoms with Crippen molar-refractivity contribution in [3.63, 3.8) is 0 Å². The zero-order valence-electron chi connectivity index (χ0n) is 9.95. The highest BCUT2D eigenvalue weighted by molar-refractivity contribution is 6.44. The van der Waals surface area contributed by atoms with E-state index in [1.807, 2.05) is 0 Å². The highest BCUT2D eigenvalue weighted by atomic mass is 35.5. The van der Waals surface area contributed by atoms with E-state index in [-0.39, 0.29) is 11.3 Å². The van der Waals surface area contributed by atoms with Crippen LogP contribution in [0.2, 0.25) is 15.1 Å². The molecule has 0 heterocycles. The summed E-state index contributed by atoms with van der Waals surface area (Å²) in [5.41, 5.74) is 6.83. The highest BCUT2D eigenvalue weighted by Gasteiger charge is 2.13. The first-order chi connectivity index (χ1) is 9.40. The second-order valence-corrected chi connectivity index (χ2v) is 5.16. The average Bonchev–Trinajstić information content (AvgIpc) is 2.37. The maximum absolute atomic E-state index is 11.0. The number of halogens is 3. The van der Waals surface area contributed by atoms with Crippen LogP contribution in [-0.4, -0.2) is 11.1 Å². The van der Waals surface area contributed by atoms with Crippen molar-refractivity contribution in [3.8, 4) is 0 Å². The molecule has 4 N–H and O–H groups in total. The van der Waals surface area contributed by atoms with Gasteiger partial charge < -0.3 is 16.2 Å². The Morgan fingerprint density at radius 3 is 2.35 bits per heavy atom. The van der Waals surface area contributed by atoms with Gasteiger partial charge in [-0.3, -0.25) is 0 Å². The standard InChI is InChI=1S/C13H9Cl3N2O2/c14-7-4-9(16)11(5-8(7)15)18-10-3-1-2-6(12(10)17)13(19)20/h1-5,18H,17H2,(H,19,20). The molecule has 104 valence electrons. The van der Waals surface area contributed by atoms with Crippen LogP contribution in [-0.2, 0) is 0 Å². The smallest absolute Gasteiger partial charge is 0.337 e. The number of nitrogens with one attached hydrogen (secondary N) is 1. The van der Waals surface area contributed by atoms with Crippen molar-refractivity contribution in [1.82, 2.24) is 0 Å². The number of carboxylic acids is 1. The van der Waals surface area contributed by atoms with Gasteiger partial charge in [-0.25, -0.2) is 4.79 Å². The van der Waals surface area contributed by atoms with Crippen LogP contribution in [0.25, 0.3) is 0 Å². The topological polar surface area (TPSA) is 75.3 Å². The fourth-order valence-electron chi connectivity index (χ4n) is 1.62. The average molecular weight is 332 g/mol. The van der Waals surface area contributed by atoms with E-state index < -0.39 is 5.97 Å². The molecule has 0 aliphatic carbocycles. The van der Waals surface area contributed by atoms with Crippen molar-refractivity contribution in [1.29, 1.82) is 0 Å². The van der Waals surface area contributed by atoms with E-state index in [0.29, 0.717) is 26.4 Å². The molecule has 20 heavy (non-hydrogen) atoms. The van der Waals surface area contributed by atoms with Gasteiger partial charge in [-0.1, -0.05) is 40.9 Å². The molecule has 0 spiro atoms. The quantitative estimate of drug-likeness (QED) is 0.564. The van der Waals surface area contributed by atoms with Gasteiger partial charge in [-0.15, -0.1) is 0 Å². The van der Waals surface area contributed by atoms with E-state index in [0.717, 1.165) is 0 Å². The monoisotopic (exact) mass is 330 g/mol. The highest BCUT2D eigenvalue weighted by Crippen LogP contribution is 2.35. The molecule has 0 bridgehead atoms. The molecule has 2 rings (SSSR count). The Morgan fingerprint density at radius 2 is 1.70 bits per heavy atom. The van der Waals surface area contributed by atoms with E-state index in [1.54, 1.807) is 18.2 Å². The van der Waals surface area contributed by atoms with Gasteiger partial charge in [0.15, 0.2) is 0 Å². The number of aromatic carboxylic acids is 1. The lowest BCUT2D eigenvalue weighted by molar-refractivity contribution is 0.0698. The summed E-state index contributed by atoms with van der Waals surface area (Å²) in [5, 5.41) is 13.0. The van der Waals surface area contributed by atoms with E-state index in [1.165, 1.54) is 12.1 Å². The van der Waals surface area contributed by atoms with Crippen LogP contribution < -0.4 is 11.1 Å². The number of carbonyl (C=O) groups is 1. The lowest BCUT2D eigenvalue weighted by Crippen LogP contribution is -2.05. The van der Waals surface area contributed by atoms with Gasteiger partial charge in [0.1, 0.15) is 0 Å². The van der Waals surface area contributed by atoms with Crippen molar-refractivity contribution in [2.24, 2.45) is 0 Å². The third kappa shape index (κ3) is 2.93. The molecular weight excluding hydrogens is 323 g/mol. The molecule has 0 saturated carbocycles. The largest absolute Gasteiger partial charge is 0.478 e. The van der Waals surface area contributed by atoms with E-state index >= 15 is 0 Å². The fraction of sp³-hybridized carbons (Fsp3) is 0. The summed E-state index contributed by atoms with van der Waals surface area (Å²) in [6.45, 7) is 0. The van der Waals surface area contributed by atoms with E-state index in [9.17, 15) is 4.79 Å². The maximum atomic E-state index is 11.0. The summed E-state index contributed by atoms with van der Waals surface area (Å²) in [6.07, 6.45) is 0. The van der Waals surface area contributed by atoms with Crippen LogP contribution in [0.4, 0.5) is 17.1 Å². The predicted octanol–water partition coefficient (Wildman–Crippen LogP) is 4.67. The summed E-state index contributed by atoms with van der Waals surface area (Å²) in [7, 11) is 0. The first kappa shape index (κ1) is 14.8. The number of benzene rings is 2. The Bertz CT molecular complexity index is 690. The van der Waals surface area contributed by atoms with E-state index in [2.05, 4.69) is 5.32 Å². The van der Waals surface area contributed by atoms with Crippen LogP contribution in [0.5, 0.6) is 0 Å². The molecule has 0 aliphatic rings. The lowest BCUT2D eigenvalue weighted by atomic mass is 10.1. The number of rotatable bonds is 3. The summed E-state index contributed by atoms with van der Waals surface area (Å²) in [5.74, 6) is -1.11. The SMILES string of the molecule is Nc1c(Nc2cc(Cl)c(Cl)cc2Cl)cccc1C(=O)O. The van der Waals surface area contributed by atoms with Crippen LogP contribution >= 0.6 is 34.8 Å². The van der Waals surface area contributed by atoms with E-state index in [4.69, 9.17) is 45.6 Å². The van der Waals surface area contributed by atoms with Gasteiger partial charge in [-0.05, 0) is 24.3 Å². The van der Waals surface area contributed by atoms with Gasteiger partial charge in [0, 0.05) is 0 Å². The third-order valence-corrected chi connectivity index (χ3v) is 3.65. The number of nitrogens with two attached hydrogens (primary N) is 1. The summed E-state index contributed by atoms with van der Waals surface area (Å²) in [6, 6.07) is 7.66. The molecule has 0 unspecified atom stereocenters. The Balaban J connectivity index is 2.43. The number of hydrogen-bond donors (Lipinski definition) is 3. The van der Waals surface area contributed by atoms with Crippen LogP contribution in [0.3, 0.4) is 0 Å². The zero-order chi connectivity index (χ0) is 14.9. The minimum absolute atomic E-state index is 0.00572. The van der Waals surface area contributed by atoms with Gasteiger partial charge in [-0.2, -0.15) is 0 Å². The van der Waals surface area contributed by atoms with Gasteiger partial charge in [0.25, 0.3) is 0 Å². The van der Waals surface area contributed by atoms with Crippen molar-refractivity contribution in [3.05, 3.63) is 51.0 Å². The van der Waals surface area contributed by atoms with Gasteiger partial charge >= 0.3 is 5.97 Å². The molecule has 0 amide bonds. The molecule has 7 heteroatoms. The second-order valence-electron chi connectivity index (χ2n) is 3.94. The molecule has 2 aromatic rings. The minimum atomic E-state index is -1.11. The number of hydrogen-bond acceptors (Lipinski definition) is 3. The zero-order valence-corrected chi connectivity index (χ0v) is 12.2. The molecule has 0 aromatic heterocycles. The maximum Gasteiger partial charge on any atom is 0.337 e. The van der Waals surface area contributed by atoms with Crippen molar-refractivity contribution < 1.29 is 9.90 Å². The molecule has 0 radical (unpaired) electrons. The number of anilines is 3. The molecule has 0 atom stereocenters. The molecule has 0 fully saturated rings. The number of carboxylic acid groups (broad SMARTS) is 1. The first-order valence-corrected chi connectivity index (χ1v) is 6.57. The Labute approximate surface area is 130 Å². The molecule has 4 nitrogen and oxygen atoms in total. The van der Waals surface area contributed by atoms with Crippen molar-refractivity contribution >= 4 is 57.8 Å². The summed E-state index contributed by atoms with van der Waals surface area (Å²) >= 11 is 17.8. The Kier molecular flexibility index (Phi) is 4.28. The normalized spacial score (nSPS) is 10.3.